The van der Waals surface area contributed by atoms with Gasteiger partial charge in [-0.3, -0.25) is 0 Å². The highest BCUT2D eigenvalue weighted by atomic mass is 32.1. The molecule has 5 nitrogen and oxygen atoms in total. The van der Waals surface area contributed by atoms with Crippen molar-refractivity contribution in [3.8, 4) is 28.0 Å². The molecule has 1 saturated heterocycles. The van der Waals surface area contributed by atoms with Crippen LogP contribution in [-0.2, 0) is 6.61 Å². The van der Waals surface area contributed by atoms with Crippen LogP contribution in [0.3, 0.4) is 0 Å². The molecule has 0 unspecified atom stereocenters. The number of piperidine rings is 1. The average molecular weight is 479 g/mol. The van der Waals surface area contributed by atoms with Crippen molar-refractivity contribution in [1.29, 1.82) is 0 Å². The van der Waals surface area contributed by atoms with Crippen LogP contribution < -0.4 is 10.5 Å². The fourth-order valence-corrected chi connectivity index (χ4v) is 4.82. The molecule has 3 heterocycles. The van der Waals surface area contributed by atoms with Crippen molar-refractivity contribution < 1.29 is 9.13 Å². The van der Waals surface area contributed by atoms with Gasteiger partial charge in [0.1, 0.15) is 12.4 Å². The van der Waals surface area contributed by atoms with Gasteiger partial charge in [0.05, 0.1) is 9.88 Å². The minimum Gasteiger partial charge on any atom is -0.485 e. The average Bonchev–Trinajstić information content (AvgIpc) is 3.29. The van der Waals surface area contributed by atoms with Gasteiger partial charge in [0.25, 0.3) is 0 Å². The molecular formula is C27H31FN4OS. The van der Waals surface area contributed by atoms with Gasteiger partial charge in [-0.25, -0.2) is 14.4 Å². The molecule has 0 aliphatic carbocycles. The van der Waals surface area contributed by atoms with E-state index in [2.05, 4.69) is 33.8 Å². The number of nitrogen functional groups attached to an aromatic ring is 1. The number of rotatable bonds is 5. The van der Waals surface area contributed by atoms with Crippen molar-refractivity contribution in [3.05, 3.63) is 58.6 Å². The van der Waals surface area contributed by atoms with Crippen molar-refractivity contribution in [3.63, 3.8) is 0 Å². The number of benzene rings is 1. The van der Waals surface area contributed by atoms with Crippen LogP contribution in [0.25, 0.3) is 10.4 Å². The molecule has 7 heteroatoms. The lowest BCUT2D eigenvalue weighted by Gasteiger charge is -2.27. The predicted molar refractivity (Wildman–Crippen MR) is 136 cm³/mol. The first kappa shape index (κ1) is 24.2. The van der Waals surface area contributed by atoms with E-state index in [1.54, 1.807) is 29.7 Å². The van der Waals surface area contributed by atoms with Crippen LogP contribution in [0.1, 0.15) is 55.7 Å². The van der Waals surface area contributed by atoms with E-state index in [0.717, 1.165) is 46.9 Å². The smallest absolute Gasteiger partial charge is 0.166 e. The second kappa shape index (κ2) is 10.1. The number of ether oxygens (including phenoxy) is 1. The van der Waals surface area contributed by atoms with Crippen molar-refractivity contribution >= 4 is 17.2 Å². The molecule has 3 aromatic rings. The lowest BCUT2D eigenvalue weighted by molar-refractivity contribution is 0.255. The van der Waals surface area contributed by atoms with Crippen molar-refractivity contribution in [2.45, 2.75) is 46.1 Å². The van der Waals surface area contributed by atoms with E-state index < -0.39 is 0 Å². The van der Waals surface area contributed by atoms with Gasteiger partial charge in [0.15, 0.2) is 11.6 Å². The second-order valence-corrected chi connectivity index (χ2v) is 10.9. The molecule has 1 aliphatic heterocycles. The lowest BCUT2D eigenvalue weighted by atomic mass is 9.97. The topological polar surface area (TPSA) is 64.3 Å². The molecule has 178 valence electrons. The molecule has 0 amide bonds. The van der Waals surface area contributed by atoms with Gasteiger partial charge in [-0.2, -0.15) is 0 Å². The summed E-state index contributed by atoms with van der Waals surface area (Å²) in [5.41, 5.74) is 8.00. The second-order valence-electron chi connectivity index (χ2n) is 9.84. The maximum Gasteiger partial charge on any atom is 0.166 e. The van der Waals surface area contributed by atoms with Crippen LogP contribution in [0, 0.1) is 23.1 Å². The largest absolute Gasteiger partial charge is 0.485 e. The Morgan fingerprint density at radius 1 is 1.18 bits per heavy atom. The van der Waals surface area contributed by atoms with Crippen LogP contribution in [0.2, 0.25) is 0 Å². The summed E-state index contributed by atoms with van der Waals surface area (Å²) >= 11 is 1.69. The zero-order valence-electron chi connectivity index (χ0n) is 20.2. The van der Waals surface area contributed by atoms with E-state index in [1.807, 2.05) is 33.0 Å². The highest BCUT2D eigenvalue weighted by molar-refractivity contribution is 7.15. The summed E-state index contributed by atoms with van der Waals surface area (Å²) in [5, 5.41) is 1.16. The van der Waals surface area contributed by atoms with Gasteiger partial charge in [0, 0.05) is 40.4 Å². The Bertz CT molecular complexity index is 1210. The highest BCUT2D eigenvalue weighted by Crippen LogP contribution is 2.36. The molecule has 4 rings (SSSR count). The molecular weight excluding hydrogens is 447 g/mol. The summed E-state index contributed by atoms with van der Waals surface area (Å²) < 4.78 is 20.3. The van der Waals surface area contributed by atoms with E-state index in [9.17, 15) is 4.39 Å². The first-order valence-corrected chi connectivity index (χ1v) is 12.3. The number of nitrogens with zero attached hydrogens (tertiary/aromatic N) is 3. The number of pyridine rings is 1. The van der Waals surface area contributed by atoms with Crippen LogP contribution >= 0.6 is 11.3 Å². The Morgan fingerprint density at radius 3 is 2.68 bits per heavy atom. The zero-order chi connectivity index (χ0) is 24.3. The first-order chi connectivity index (χ1) is 16.2. The van der Waals surface area contributed by atoms with Crippen molar-refractivity contribution in [2.75, 3.05) is 25.9 Å². The molecule has 2 N–H and O–H groups in total. The van der Waals surface area contributed by atoms with Crippen molar-refractivity contribution in [2.24, 2.45) is 5.41 Å². The third-order valence-corrected chi connectivity index (χ3v) is 6.98. The zero-order valence-corrected chi connectivity index (χ0v) is 21.0. The maximum absolute atomic E-state index is 14.4. The van der Waals surface area contributed by atoms with Crippen LogP contribution in [0.4, 0.5) is 10.2 Å². The van der Waals surface area contributed by atoms with E-state index in [0.29, 0.717) is 17.2 Å². The molecule has 0 radical (unpaired) electrons. The lowest BCUT2D eigenvalue weighted by Crippen LogP contribution is -2.29. The molecule has 0 bridgehead atoms. The molecule has 0 spiro atoms. The van der Waals surface area contributed by atoms with Gasteiger partial charge < -0.3 is 15.4 Å². The monoisotopic (exact) mass is 478 g/mol. The molecule has 34 heavy (non-hydrogen) atoms. The van der Waals surface area contributed by atoms with E-state index in [-0.39, 0.29) is 23.7 Å². The quantitative estimate of drug-likeness (QED) is 0.476. The van der Waals surface area contributed by atoms with Crippen LogP contribution in [-0.4, -0.2) is 35.0 Å². The minimum absolute atomic E-state index is 0.0374. The number of aromatic nitrogens is 2. The molecule has 1 aromatic carbocycles. The first-order valence-electron chi connectivity index (χ1n) is 11.5. The van der Waals surface area contributed by atoms with Crippen LogP contribution in [0.15, 0.2) is 36.7 Å². The van der Waals surface area contributed by atoms with E-state index >= 15 is 0 Å². The summed E-state index contributed by atoms with van der Waals surface area (Å²) in [6.45, 7) is 8.35. The van der Waals surface area contributed by atoms with Crippen LogP contribution in [0.5, 0.6) is 5.75 Å². The Kier molecular flexibility index (Phi) is 7.20. The number of hydrogen-bond donors (Lipinski definition) is 1. The fraction of sp³-hybridized carbons (Fsp3) is 0.407. The normalized spacial score (nSPS) is 15.1. The maximum atomic E-state index is 14.4. The number of halogens is 1. The summed E-state index contributed by atoms with van der Waals surface area (Å²) in [6.07, 6.45) is 5.88. The van der Waals surface area contributed by atoms with Gasteiger partial charge in [-0.1, -0.05) is 11.8 Å². The standard InChI is InChI=1S/C27H31FN4OS/c1-27(2,3)10-7-18-5-6-22(28)21(13-18)17-33-23-14-20(15-30-25(23)29)24-16-31-26(34-24)19-8-11-32(4)12-9-19/h5-6,13-16,19H,8-9,11-12,17H2,1-4H3,(H2,29,30). The summed E-state index contributed by atoms with van der Waals surface area (Å²) in [4.78, 5) is 12.4. The van der Waals surface area contributed by atoms with E-state index in [1.165, 1.54) is 6.07 Å². The van der Waals surface area contributed by atoms with Crippen molar-refractivity contribution in [1.82, 2.24) is 14.9 Å². The minimum atomic E-state index is -0.339. The Balaban J connectivity index is 1.49. The number of thiazole rings is 1. The molecule has 1 aliphatic rings. The fourth-order valence-electron chi connectivity index (χ4n) is 3.75. The summed E-state index contributed by atoms with van der Waals surface area (Å²) in [6, 6.07) is 6.68. The Labute approximate surface area is 205 Å². The number of hydrogen-bond acceptors (Lipinski definition) is 6. The van der Waals surface area contributed by atoms with Gasteiger partial charge in [0.2, 0.25) is 0 Å². The van der Waals surface area contributed by atoms with Gasteiger partial charge >= 0.3 is 0 Å². The third kappa shape index (κ3) is 6.13. The summed E-state index contributed by atoms with van der Waals surface area (Å²) in [7, 11) is 2.16. The van der Waals surface area contributed by atoms with Gasteiger partial charge in [-0.15, -0.1) is 11.3 Å². The Hall–Kier alpha value is -2.95. The number of anilines is 1. The van der Waals surface area contributed by atoms with E-state index in [4.69, 9.17) is 10.5 Å². The SMILES string of the molecule is CN1CCC(c2ncc(-c3cnc(N)c(OCc4cc(C#CC(C)(C)C)ccc4F)c3)s2)CC1. The number of nitrogens with two attached hydrogens (primary N) is 1. The predicted octanol–water partition coefficient (Wildman–Crippen LogP) is 5.71. The number of likely N-dealkylation sites (tertiary alicyclic amines) is 1. The molecule has 0 atom stereocenters. The summed E-state index contributed by atoms with van der Waals surface area (Å²) in [5.74, 6) is 7.14. The molecule has 2 aromatic heterocycles. The Morgan fingerprint density at radius 2 is 1.94 bits per heavy atom. The third-order valence-electron chi connectivity index (χ3n) is 5.77. The van der Waals surface area contributed by atoms with Gasteiger partial charge in [-0.05, 0) is 78.0 Å². The highest BCUT2D eigenvalue weighted by Gasteiger charge is 2.21. The molecule has 0 saturated carbocycles. The molecule has 1 fully saturated rings.